The summed E-state index contributed by atoms with van der Waals surface area (Å²) in [4.78, 5) is 11.6. The van der Waals surface area contributed by atoms with Gasteiger partial charge in [-0.2, -0.15) is 13.2 Å². The van der Waals surface area contributed by atoms with Gasteiger partial charge in [-0.05, 0) is 36.5 Å². The number of rotatable bonds is 9. The van der Waals surface area contributed by atoms with E-state index in [2.05, 4.69) is 10.6 Å². The van der Waals surface area contributed by atoms with Crippen LogP contribution < -0.4 is 10.6 Å². The molecule has 5 nitrogen and oxygen atoms in total. The molecule has 0 aromatic heterocycles. The number of aliphatic hydroxyl groups is 1. The fraction of sp³-hybridized carbons (Fsp3) is 0.667. The first-order chi connectivity index (χ1) is 14.3. The Morgan fingerprint density at radius 2 is 1.88 bits per heavy atom. The number of benzene rings is 1. The Hall–Kier alpha value is -1.49. The molecule has 0 saturated carbocycles. The molecular weight excluding hydrogens is 459 g/mol. The third kappa shape index (κ3) is 7.54. The van der Waals surface area contributed by atoms with Gasteiger partial charge >= 0.3 is 6.18 Å². The molecule has 1 aliphatic rings. The van der Waals surface area contributed by atoms with E-state index in [1.807, 2.05) is 13.8 Å². The summed E-state index contributed by atoms with van der Waals surface area (Å²) in [6.45, 7) is 4.30. The highest BCUT2D eigenvalue weighted by atomic mass is 35.5. The zero-order chi connectivity index (χ0) is 23.4. The quantitative estimate of drug-likeness (QED) is 0.465. The number of ether oxygens (including phenoxy) is 1. The Morgan fingerprint density at radius 1 is 1.28 bits per heavy atom. The molecule has 1 aliphatic heterocycles. The summed E-state index contributed by atoms with van der Waals surface area (Å²) in [6.07, 6.45) is -6.39. The normalized spacial score (nSPS) is 23.0. The number of hydrogen-bond acceptors (Lipinski definition) is 4. The van der Waals surface area contributed by atoms with Gasteiger partial charge in [0.1, 0.15) is 11.6 Å². The summed E-state index contributed by atoms with van der Waals surface area (Å²) in [7, 11) is 0. The molecule has 1 aromatic carbocycles. The van der Waals surface area contributed by atoms with Crippen LogP contribution in [0.5, 0.6) is 0 Å². The van der Waals surface area contributed by atoms with E-state index in [4.69, 9.17) is 4.74 Å². The molecule has 1 saturated heterocycles. The van der Waals surface area contributed by atoms with Gasteiger partial charge in [0, 0.05) is 38.6 Å². The summed E-state index contributed by atoms with van der Waals surface area (Å²) in [6, 6.07) is 0.661. The topological polar surface area (TPSA) is 70.6 Å². The lowest BCUT2D eigenvalue weighted by atomic mass is 9.91. The van der Waals surface area contributed by atoms with Crippen LogP contribution in [-0.2, 0) is 16.0 Å². The van der Waals surface area contributed by atoms with E-state index in [1.165, 1.54) is 6.92 Å². The molecule has 3 N–H and O–H groups in total. The van der Waals surface area contributed by atoms with E-state index in [9.17, 15) is 31.9 Å². The van der Waals surface area contributed by atoms with Gasteiger partial charge in [-0.25, -0.2) is 8.78 Å². The molecule has 11 heteroatoms. The minimum absolute atomic E-state index is 0. The van der Waals surface area contributed by atoms with E-state index in [0.29, 0.717) is 12.5 Å². The van der Waals surface area contributed by atoms with Crippen molar-refractivity contribution in [2.24, 2.45) is 5.92 Å². The van der Waals surface area contributed by atoms with Crippen molar-refractivity contribution in [1.82, 2.24) is 10.6 Å². The SMILES string of the molecule is CC(=O)N[C@@H](Cc1cc(F)cc(F)c1)[C@@H](O)[C@H]1C[C@](OCCC(C)C)(C(F)(F)F)CN1.Cl. The van der Waals surface area contributed by atoms with Crippen LogP contribution in [0.4, 0.5) is 22.0 Å². The van der Waals surface area contributed by atoms with Crippen LogP contribution in [0.25, 0.3) is 0 Å². The standard InChI is InChI=1S/C21H29F5N2O3.ClH/c1-12(2)4-5-31-20(21(24,25)26)10-18(27-11-20)19(30)17(28-13(3)29)8-14-6-15(22)9-16(23)7-14;/h6-7,9,12,17-19,27,30H,4-5,8,10-11H2,1-3H3,(H,28,29);1H/t17-,18+,19+,20+;/m0./s1. The second kappa shape index (κ2) is 11.6. The van der Waals surface area contributed by atoms with Crippen LogP contribution >= 0.6 is 12.4 Å². The van der Waals surface area contributed by atoms with E-state index in [1.54, 1.807) is 0 Å². The number of aliphatic hydroxyl groups excluding tert-OH is 1. The fourth-order valence-corrected chi connectivity index (χ4v) is 3.72. The van der Waals surface area contributed by atoms with Gasteiger partial charge in [0.15, 0.2) is 5.60 Å². The van der Waals surface area contributed by atoms with Crippen LogP contribution in [0.2, 0.25) is 0 Å². The molecule has 4 atom stereocenters. The smallest absolute Gasteiger partial charge is 0.389 e. The number of amides is 1. The number of halogens is 6. The molecule has 1 aromatic rings. The summed E-state index contributed by atoms with van der Waals surface area (Å²) < 4.78 is 73.8. The van der Waals surface area contributed by atoms with Crippen LogP contribution in [0.15, 0.2) is 18.2 Å². The molecule has 1 fully saturated rings. The van der Waals surface area contributed by atoms with E-state index < -0.39 is 60.5 Å². The minimum Gasteiger partial charge on any atom is -0.389 e. The van der Waals surface area contributed by atoms with E-state index >= 15 is 0 Å². The van der Waals surface area contributed by atoms with Crippen molar-refractivity contribution in [3.63, 3.8) is 0 Å². The number of nitrogens with one attached hydrogen (secondary N) is 2. The van der Waals surface area contributed by atoms with Gasteiger partial charge in [0.2, 0.25) is 5.91 Å². The molecule has 2 rings (SSSR count). The molecule has 0 spiro atoms. The fourth-order valence-electron chi connectivity index (χ4n) is 3.72. The summed E-state index contributed by atoms with van der Waals surface area (Å²) in [5.74, 6) is -2.04. The van der Waals surface area contributed by atoms with Crippen LogP contribution in [0, 0.1) is 17.6 Å². The van der Waals surface area contributed by atoms with Gasteiger partial charge in [0.05, 0.1) is 12.1 Å². The average molecular weight is 489 g/mol. The van der Waals surface area contributed by atoms with Gasteiger partial charge in [-0.1, -0.05) is 13.8 Å². The monoisotopic (exact) mass is 488 g/mol. The summed E-state index contributed by atoms with van der Waals surface area (Å²) in [5, 5.41) is 15.9. The summed E-state index contributed by atoms with van der Waals surface area (Å²) in [5.41, 5.74) is -2.30. The third-order valence-corrected chi connectivity index (χ3v) is 5.38. The van der Waals surface area contributed by atoms with Crippen molar-refractivity contribution < 1.29 is 36.6 Å². The molecule has 0 radical (unpaired) electrons. The molecule has 1 amide bonds. The van der Waals surface area contributed by atoms with Gasteiger partial charge in [-0.3, -0.25) is 4.79 Å². The van der Waals surface area contributed by atoms with Crippen LogP contribution in [0.3, 0.4) is 0 Å². The Morgan fingerprint density at radius 3 is 2.38 bits per heavy atom. The van der Waals surface area contributed by atoms with Crippen molar-refractivity contribution in [2.45, 2.75) is 70.0 Å². The minimum atomic E-state index is -4.67. The third-order valence-electron chi connectivity index (χ3n) is 5.38. The zero-order valence-corrected chi connectivity index (χ0v) is 19.0. The molecule has 0 aliphatic carbocycles. The maximum atomic E-state index is 13.8. The lowest BCUT2D eigenvalue weighted by Gasteiger charge is -2.33. The lowest BCUT2D eigenvalue weighted by Crippen LogP contribution is -2.52. The summed E-state index contributed by atoms with van der Waals surface area (Å²) >= 11 is 0. The number of alkyl halides is 3. The Labute approximate surface area is 190 Å². The second-order valence-electron chi connectivity index (χ2n) is 8.49. The van der Waals surface area contributed by atoms with E-state index in [0.717, 1.165) is 12.1 Å². The van der Waals surface area contributed by atoms with Crippen molar-refractivity contribution >= 4 is 18.3 Å². The van der Waals surface area contributed by atoms with Crippen molar-refractivity contribution in [3.05, 3.63) is 35.4 Å². The predicted octanol–water partition coefficient (Wildman–Crippen LogP) is 3.52. The maximum absolute atomic E-state index is 13.8. The highest BCUT2D eigenvalue weighted by Crippen LogP contribution is 2.41. The first-order valence-electron chi connectivity index (χ1n) is 10.2. The first-order valence-corrected chi connectivity index (χ1v) is 10.2. The molecule has 184 valence electrons. The number of hydrogen-bond donors (Lipinski definition) is 3. The lowest BCUT2D eigenvalue weighted by molar-refractivity contribution is -0.271. The maximum Gasteiger partial charge on any atom is 0.418 e. The highest BCUT2D eigenvalue weighted by molar-refractivity contribution is 5.85. The zero-order valence-electron chi connectivity index (χ0n) is 18.1. The second-order valence-corrected chi connectivity index (χ2v) is 8.49. The van der Waals surface area contributed by atoms with Crippen molar-refractivity contribution in [2.75, 3.05) is 13.2 Å². The average Bonchev–Trinajstić information content (AvgIpc) is 3.04. The van der Waals surface area contributed by atoms with Gasteiger partial charge in [-0.15, -0.1) is 12.4 Å². The predicted molar refractivity (Wildman–Crippen MR) is 112 cm³/mol. The van der Waals surface area contributed by atoms with Gasteiger partial charge in [0.25, 0.3) is 0 Å². The van der Waals surface area contributed by atoms with Crippen LogP contribution in [-0.4, -0.2) is 54.1 Å². The molecule has 0 bridgehead atoms. The highest BCUT2D eigenvalue weighted by Gasteiger charge is 2.60. The Balaban J connectivity index is 0.00000512. The molecular formula is C21H30ClF5N2O3. The Kier molecular flexibility index (Phi) is 10.3. The van der Waals surface area contributed by atoms with Crippen molar-refractivity contribution in [3.8, 4) is 0 Å². The Bertz CT molecular complexity index is 745. The molecule has 32 heavy (non-hydrogen) atoms. The van der Waals surface area contributed by atoms with Gasteiger partial charge < -0.3 is 20.5 Å². The first kappa shape index (κ1) is 28.5. The molecule has 0 unspecified atom stereocenters. The molecule has 1 heterocycles. The van der Waals surface area contributed by atoms with Crippen molar-refractivity contribution in [1.29, 1.82) is 0 Å². The van der Waals surface area contributed by atoms with Crippen LogP contribution in [0.1, 0.15) is 39.2 Å². The number of carbonyl (C=O) groups is 1. The largest absolute Gasteiger partial charge is 0.418 e. The van der Waals surface area contributed by atoms with E-state index in [-0.39, 0.29) is 36.9 Å². The number of carbonyl (C=O) groups excluding carboxylic acids is 1.